The molecule has 0 spiro atoms. The molecule has 0 saturated heterocycles. The van der Waals surface area contributed by atoms with Crippen LogP contribution in [0.5, 0.6) is 0 Å². The summed E-state index contributed by atoms with van der Waals surface area (Å²) in [5.74, 6) is -0.883. The minimum absolute atomic E-state index is 0.0805. The minimum atomic E-state index is -0.700. The Bertz CT molecular complexity index is 1470. The molecule has 1 aliphatic rings. The lowest BCUT2D eigenvalue weighted by Crippen LogP contribution is -2.38. The third-order valence-corrected chi connectivity index (χ3v) is 6.72. The standard InChI is InChI=1S/C31H23N3O3/c35-29-27-14-7-8-15-28(27)30(36)34(29)37-22-23-16-18-26(19-17-23)31(33-21-9-20-32-33,24-10-3-1-4-11-24)25-12-5-2-6-13-25/h1-21H,22H2. The van der Waals surface area contributed by atoms with Gasteiger partial charge in [-0.15, -0.1) is 5.06 Å². The summed E-state index contributed by atoms with van der Waals surface area (Å²) in [6, 6.07) is 37.2. The number of hydrogen-bond donors (Lipinski definition) is 0. The fourth-order valence-electron chi connectivity index (χ4n) is 4.99. The molecule has 6 nitrogen and oxygen atoms in total. The van der Waals surface area contributed by atoms with Gasteiger partial charge in [0.2, 0.25) is 0 Å². The van der Waals surface area contributed by atoms with Gasteiger partial charge < -0.3 is 0 Å². The van der Waals surface area contributed by atoms with E-state index in [4.69, 9.17) is 4.84 Å². The van der Waals surface area contributed by atoms with E-state index in [1.807, 2.05) is 77.6 Å². The number of hydrogen-bond acceptors (Lipinski definition) is 4. The molecular weight excluding hydrogens is 462 g/mol. The van der Waals surface area contributed by atoms with Crippen LogP contribution in [0.4, 0.5) is 0 Å². The molecule has 180 valence electrons. The Morgan fingerprint density at radius 1 is 0.622 bits per heavy atom. The second-order valence-corrected chi connectivity index (χ2v) is 8.81. The van der Waals surface area contributed by atoms with Crippen molar-refractivity contribution in [3.8, 4) is 0 Å². The fourth-order valence-corrected chi connectivity index (χ4v) is 4.99. The third-order valence-electron chi connectivity index (χ3n) is 6.72. The molecule has 0 N–H and O–H groups in total. The van der Waals surface area contributed by atoms with Crippen LogP contribution in [0.25, 0.3) is 0 Å². The summed E-state index contributed by atoms with van der Waals surface area (Å²) in [5.41, 5.74) is 4.00. The van der Waals surface area contributed by atoms with Gasteiger partial charge in [0, 0.05) is 12.4 Å². The van der Waals surface area contributed by atoms with Gasteiger partial charge >= 0.3 is 0 Å². The van der Waals surface area contributed by atoms with Gasteiger partial charge in [0.25, 0.3) is 11.8 Å². The quantitative estimate of drug-likeness (QED) is 0.227. The van der Waals surface area contributed by atoms with Crippen molar-refractivity contribution in [1.82, 2.24) is 14.8 Å². The van der Waals surface area contributed by atoms with Crippen LogP contribution in [0.2, 0.25) is 0 Å². The van der Waals surface area contributed by atoms with Crippen LogP contribution >= 0.6 is 0 Å². The van der Waals surface area contributed by atoms with Gasteiger partial charge in [-0.1, -0.05) is 97.1 Å². The van der Waals surface area contributed by atoms with E-state index in [1.54, 1.807) is 30.5 Å². The summed E-state index contributed by atoms with van der Waals surface area (Å²) in [5, 5.41) is 5.52. The Balaban J connectivity index is 1.35. The summed E-state index contributed by atoms with van der Waals surface area (Å²) in [6.07, 6.45) is 3.75. The fraction of sp³-hybridized carbons (Fsp3) is 0.0645. The van der Waals surface area contributed by atoms with Crippen molar-refractivity contribution < 1.29 is 14.4 Å². The average Bonchev–Trinajstić information content (AvgIpc) is 3.58. The van der Waals surface area contributed by atoms with Crippen molar-refractivity contribution in [1.29, 1.82) is 0 Å². The van der Waals surface area contributed by atoms with Crippen molar-refractivity contribution in [2.75, 3.05) is 0 Å². The van der Waals surface area contributed by atoms with Gasteiger partial charge in [-0.2, -0.15) is 5.10 Å². The summed E-state index contributed by atoms with van der Waals surface area (Å²) < 4.78 is 1.97. The zero-order valence-electron chi connectivity index (χ0n) is 19.9. The maximum absolute atomic E-state index is 12.6. The number of fused-ring (bicyclic) bond motifs is 1. The summed E-state index contributed by atoms with van der Waals surface area (Å²) in [4.78, 5) is 30.9. The Labute approximate surface area is 214 Å². The molecule has 0 fully saturated rings. The molecule has 2 amide bonds. The lowest BCUT2D eigenvalue weighted by atomic mass is 9.77. The molecule has 37 heavy (non-hydrogen) atoms. The number of rotatable bonds is 7. The lowest BCUT2D eigenvalue weighted by Gasteiger charge is -2.36. The van der Waals surface area contributed by atoms with Crippen LogP contribution in [0, 0.1) is 0 Å². The molecule has 0 radical (unpaired) electrons. The van der Waals surface area contributed by atoms with Crippen LogP contribution in [0.1, 0.15) is 43.0 Å². The zero-order chi connectivity index (χ0) is 25.2. The number of aromatic nitrogens is 2. The highest BCUT2D eigenvalue weighted by molar-refractivity contribution is 6.20. The molecule has 0 aliphatic carbocycles. The van der Waals surface area contributed by atoms with Gasteiger partial charge in [0.1, 0.15) is 12.1 Å². The number of amides is 2. The summed E-state index contributed by atoms with van der Waals surface area (Å²) in [6.45, 7) is 0.0805. The smallest absolute Gasteiger partial charge is 0.266 e. The van der Waals surface area contributed by atoms with Gasteiger partial charge in [-0.25, -0.2) is 0 Å². The molecule has 0 bridgehead atoms. The molecule has 2 heterocycles. The largest absolute Gasteiger partial charge is 0.285 e. The van der Waals surface area contributed by atoms with Crippen LogP contribution in [0.15, 0.2) is 128 Å². The number of benzene rings is 4. The molecule has 1 aromatic heterocycles. The first-order valence-electron chi connectivity index (χ1n) is 12.0. The molecule has 6 heteroatoms. The molecule has 6 rings (SSSR count). The molecule has 0 saturated carbocycles. The molecule has 0 unspecified atom stereocenters. The number of hydroxylamine groups is 2. The lowest BCUT2D eigenvalue weighted by molar-refractivity contribution is -0.101. The number of nitrogens with zero attached hydrogens (tertiary/aromatic N) is 3. The maximum Gasteiger partial charge on any atom is 0.285 e. The van der Waals surface area contributed by atoms with Crippen LogP contribution in [-0.2, 0) is 17.0 Å². The SMILES string of the molecule is O=C1c2ccccc2C(=O)N1OCc1ccc(C(c2ccccc2)(c2ccccc2)n2cccn2)cc1. The number of carbonyl (C=O) groups excluding carboxylic acids is 2. The Morgan fingerprint density at radius 2 is 1.14 bits per heavy atom. The molecule has 4 aromatic carbocycles. The minimum Gasteiger partial charge on any atom is -0.266 e. The van der Waals surface area contributed by atoms with Gasteiger partial charge in [-0.05, 0) is 40.5 Å². The highest BCUT2D eigenvalue weighted by Crippen LogP contribution is 2.40. The zero-order valence-corrected chi connectivity index (χ0v) is 19.9. The van der Waals surface area contributed by atoms with E-state index in [-0.39, 0.29) is 6.61 Å². The van der Waals surface area contributed by atoms with E-state index in [0.29, 0.717) is 11.1 Å². The first-order chi connectivity index (χ1) is 18.2. The Hall–Kier alpha value is -4.81. The summed E-state index contributed by atoms with van der Waals surface area (Å²) in [7, 11) is 0. The van der Waals surface area contributed by atoms with Crippen molar-refractivity contribution in [2.45, 2.75) is 12.1 Å². The molecule has 1 aliphatic heterocycles. The highest BCUT2D eigenvalue weighted by Gasteiger charge is 2.39. The van der Waals surface area contributed by atoms with Crippen molar-refractivity contribution in [3.63, 3.8) is 0 Å². The Morgan fingerprint density at radius 3 is 1.65 bits per heavy atom. The monoisotopic (exact) mass is 485 g/mol. The predicted molar refractivity (Wildman–Crippen MR) is 139 cm³/mol. The Kier molecular flexibility index (Phi) is 5.71. The third kappa shape index (κ3) is 3.75. The molecular formula is C31H23N3O3. The molecule has 5 aromatic rings. The molecule has 0 atom stereocenters. The van der Waals surface area contributed by atoms with E-state index >= 15 is 0 Å². The van der Waals surface area contributed by atoms with Crippen molar-refractivity contribution in [3.05, 3.63) is 161 Å². The van der Waals surface area contributed by atoms with E-state index in [1.165, 1.54) is 0 Å². The second-order valence-electron chi connectivity index (χ2n) is 8.81. The first-order valence-corrected chi connectivity index (χ1v) is 12.0. The number of carbonyl (C=O) groups is 2. The van der Waals surface area contributed by atoms with E-state index in [9.17, 15) is 9.59 Å². The van der Waals surface area contributed by atoms with Gasteiger partial charge in [0.05, 0.1) is 11.1 Å². The van der Waals surface area contributed by atoms with Crippen molar-refractivity contribution >= 4 is 11.8 Å². The number of imide groups is 1. The second kappa shape index (κ2) is 9.33. The van der Waals surface area contributed by atoms with Crippen LogP contribution < -0.4 is 0 Å². The normalized spacial score (nSPS) is 13.1. The van der Waals surface area contributed by atoms with Gasteiger partial charge in [-0.3, -0.25) is 19.1 Å². The van der Waals surface area contributed by atoms with Gasteiger partial charge in [0.15, 0.2) is 0 Å². The van der Waals surface area contributed by atoms with E-state index in [0.717, 1.165) is 27.3 Å². The topological polar surface area (TPSA) is 64.4 Å². The van der Waals surface area contributed by atoms with E-state index in [2.05, 4.69) is 29.4 Å². The first kappa shape index (κ1) is 22.6. The van der Waals surface area contributed by atoms with E-state index < -0.39 is 17.4 Å². The van der Waals surface area contributed by atoms with Crippen LogP contribution in [-0.4, -0.2) is 26.7 Å². The maximum atomic E-state index is 12.6. The predicted octanol–water partition coefficient (Wildman–Crippen LogP) is 5.45. The highest BCUT2D eigenvalue weighted by atomic mass is 16.7. The van der Waals surface area contributed by atoms with Crippen LogP contribution in [0.3, 0.4) is 0 Å². The summed E-state index contributed by atoms with van der Waals surface area (Å²) >= 11 is 0. The van der Waals surface area contributed by atoms with Crippen molar-refractivity contribution in [2.24, 2.45) is 0 Å². The average molecular weight is 486 g/mol.